The molecule has 0 unspecified atom stereocenters. The fourth-order valence-electron chi connectivity index (χ4n) is 1.19. The molecule has 1 aromatic rings. The summed E-state index contributed by atoms with van der Waals surface area (Å²) in [4.78, 5) is 22.5. The minimum Gasteiger partial charge on any atom is -0.452 e. The summed E-state index contributed by atoms with van der Waals surface area (Å²) in [6, 6.07) is 0. The number of rotatable bonds is 2. The van der Waals surface area contributed by atoms with E-state index in [2.05, 4.69) is 15.0 Å². The Morgan fingerprint density at radius 3 is 2.11 bits per heavy atom. The van der Waals surface area contributed by atoms with Crippen molar-refractivity contribution in [3.05, 3.63) is 11.6 Å². The van der Waals surface area contributed by atoms with E-state index in [0.29, 0.717) is 0 Å². The Morgan fingerprint density at radius 1 is 1.17 bits per heavy atom. The maximum Gasteiger partial charge on any atom is 0.303 e. The number of carbonyl (C=O) groups excluding carboxylic acids is 1. The molecular weight excluding hydrogens is 302 g/mol. The molecule has 1 rings (SSSR count). The molecule has 18 heavy (non-hydrogen) atoms. The van der Waals surface area contributed by atoms with Crippen molar-refractivity contribution in [1.82, 2.24) is 15.0 Å². The van der Waals surface area contributed by atoms with Gasteiger partial charge in [-0.3, -0.25) is 4.79 Å². The van der Waals surface area contributed by atoms with Gasteiger partial charge in [0, 0.05) is 6.92 Å². The Morgan fingerprint density at radius 2 is 1.67 bits per heavy atom. The molecular formula is C9H11Cl3N4O2. The van der Waals surface area contributed by atoms with Crippen LogP contribution in [-0.4, -0.2) is 20.9 Å². The molecule has 0 radical (unpaired) electrons. The first-order valence-corrected chi connectivity index (χ1v) is 5.94. The summed E-state index contributed by atoms with van der Waals surface area (Å²) in [5, 5.41) is 0. The molecule has 0 amide bonds. The van der Waals surface area contributed by atoms with Crippen LogP contribution in [0.5, 0.6) is 0 Å². The number of carbonyl (C=O) groups is 1. The smallest absolute Gasteiger partial charge is 0.303 e. The number of anilines is 1. The van der Waals surface area contributed by atoms with E-state index < -0.39 is 15.4 Å². The highest BCUT2D eigenvalue weighted by atomic mass is 35.6. The Hall–Kier alpha value is -0.850. The van der Waals surface area contributed by atoms with Gasteiger partial charge in [0.05, 0.1) is 0 Å². The SMILES string of the molecule is CC(=O)OC(C)(C)c1nc(N)nc(C(Cl)(Cl)Cl)n1. The number of hydrogen-bond acceptors (Lipinski definition) is 6. The van der Waals surface area contributed by atoms with Gasteiger partial charge in [0.15, 0.2) is 17.2 Å². The van der Waals surface area contributed by atoms with Crippen molar-refractivity contribution < 1.29 is 9.53 Å². The standard InChI is InChI=1S/C9H11Cl3N4O2/c1-4(17)18-8(2,3)5-14-6(9(10,11)12)16-7(13)15-5/h1-3H3,(H2,13,14,15,16). The van der Waals surface area contributed by atoms with Gasteiger partial charge in [-0.2, -0.15) is 9.97 Å². The van der Waals surface area contributed by atoms with Crippen molar-refractivity contribution in [3.63, 3.8) is 0 Å². The topological polar surface area (TPSA) is 91.0 Å². The Balaban J connectivity index is 3.25. The van der Waals surface area contributed by atoms with E-state index in [0.717, 1.165) is 0 Å². The number of ether oxygens (including phenoxy) is 1. The van der Waals surface area contributed by atoms with Crippen LogP contribution in [0.25, 0.3) is 0 Å². The minimum absolute atomic E-state index is 0.103. The van der Waals surface area contributed by atoms with Gasteiger partial charge in [-0.15, -0.1) is 0 Å². The second kappa shape index (κ2) is 5.03. The maximum atomic E-state index is 11.0. The van der Waals surface area contributed by atoms with Gasteiger partial charge in [-0.1, -0.05) is 34.8 Å². The molecule has 9 heteroatoms. The number of alkyl halides is 3. The average Bonchev–Trinajstić information content (AvgIpc) is 2.13. The largest absolute Gasteiger partial charge is 0.452 e. The van der Waals surface area contributed by atoms with Crippen molar-refractivity contribution in [2.24, 2.45) is 0 Å². The van der Waals surface area contributed by atoms with Crippen LogP contribution < -0.4 is 5.73 Å². The predicted octanol–water partition coefficient (Wildman–Crippen LogP) is 2.08. The Kier molecular flexibility index (Phi) is 4.25. The van der Waals surface area contributed by atoms with Crippen LogP contribution in [0.3, 0.4) is 0 Å². The number of nitrogen functional groups attached to an aromatic ring is 1. The average molecular weight is 314 g/mol. The second-order valence-corrected chi connectivity index (χ2v) is 6.22. The van der Waals surface area contributed by atoms with Crippen molar-refractivity contribution in [1.29, 1.82) is 0 Å². The summed E-state index contributed by atoms with van der Waals surface area (Å²) in [7, 11) is 0. The summed E-state index contributed by atoms with van der Waals surface area (Å²) in [5.74, 6) is -0.641. The first-order chi connectivity index (χ1) is 8.02. The fraction of sp³-hybridized carbons (Fsp3) is 0.556. The van der Waals surface area contributed by atoms with Gasteiger partial charge >= 0.3 is 5.97 Å². The van der Waals surface area contributed by atoms with E-state index in [-0.39, 0.29) is 17.6 Å². The Labute approximate surface area is 119 Å². The van der Waals surface area contributed by atoms with E-state index in [1.54, 1.807) is 13.8 Å². The highest BCUT2D eigenvalue weighted by molar-refractivity contribution is 6.66. The summed E-state index contributed by atoms with van der Waals surface area (Å²) >= 11 is 17.0. The van der Waals surface area contributed by atoms with Gasteiger partial charge in [0.2, 0.25) is 9.74 Å². The van der Waals surface area contributed by atoms with Gasteiger partial charge in [-0.25, -0.2) is 4.98 Å². The molecule has 100 valence electrons. The maximum absolute atomic E-state index is 11.0. The van der Waals surface area contributed by atoms with Crippen molar-refractivity contribution >= 4 is 46.7 Å². The molecule has 1 aromatic heterocycles. The normalized spacial score (nSPS) is 12.3. The highest BCUT2D eigenvalue weighted by Gasteiger charge is 2.33. The summed E-state index contributed by atoms with van der Waals surface area (Å²) in [6.07, 6.45) is 0. The molecule has 0 saturated carbocycles. The number of nitrogens with zero attached hydrogens (tertiary/aromatic N) is 3. The number of hydrogen-bond donors (Lipinski definition) is 1. The minimum atomic E-state index is -1.84. The lowest BCUT2D eigenvalue weighted by atomic mass is 10.1. The number of aromatic nitrogens is 3. The first kappa shape index (κ1) is 15.2. The molecule has 0 saturated heterocycles. The fourth-order valence-corrected chi connectivity index (χ4v) is 1.45. The Bertz CT molecular complexity index is 473. The molecule has 1 heterocycles. The lowest BCUT2D eigenvalue weighted by Crippen LogP contribution is -2.29. The van der Waals surface area contributed by atoms with Gasteiger partial charge in [-0.05, 0) is 13.8 Å². The zero-order valence-electron chi connectivity index (χ0n) is 9.87. The van der Waals surface area contributed by atoms with Crippen LogP contribution in [0.1, 0.15) is 32.4 Å². The summed E-state index contributed by atoms with van der Waals surface area (Å²) in [5.41, 5.74) is 4.40. The molecule has 2 N–H and O–H groups in total. The van der Waals surface area contributed by atoms with E-state index in [4.69, 9.17) is 45.3 Å². The molecule has 0 aliphatic rings. The molecule has 0 bridgehead atoms. The third-order valence-corrected chi connectivity index (χ3v) is 2.35. The molecule has 0 aromatic carbocycles. The van der Waals surface area contributed by atoms with E-state index in [1.165, 1.54) is 6.92 Å². The molecule has 0 fully saturated rings. The number of nitrogens with two attached hydrogens (primary N) is 1. The van der Waals surface area contributed by atoms with Crippen molar-refractivity contribution in [3.8, 4) is 0 Å². The highest BCUT2D eigenvalue weighted by Crippen LogP contribution is 2.36. The van der Waals surface area contributed by atoms with E-state index in [9.17, 15) is 4.79 Å². The lowest BCUT2D eigenvalue weighted by molar-refractivity contribution is -0.155. The lowest BCUT2D eigenvalue weighted by Gasteiger charge is -2.23. The molecule has 0 atom stereocenters. The van der Waals surface area contributed by atoms with E-state index >= 15 is 0 Å². The van der Waals surface area contributed by atoms with E-state index in [1.807, 2.05) is 0 Å². The van der Waals surface area contributed by atoms with Crippen molar-refractivity contribution in [2.75, 3.05) is 5.73 Å². The summed E-state index contributed by atoms with van der Waals surface area (Å²) < 4.78 is 3.23. The van der Waals surface area contributed by atoms with Crippen LogP contribution >= 0.6 is 34.8 Å². The van der Waals surface area contributed by atoms with Gasteiger partial charge in [0.25, 0.3) is 0 Å². The summed E-state index contributed by atoms with van der Waals surface area (Å²) in [6.45, 7) is 4.44. The van der Waals surface area contributed by atoms with Crippen LogP contribution in [-0.2, 0) is 18.9 Å². The monoisotopic (exact) mass is 312 g/mol. The van der Waals surface area contributed by atoms with Crippen LogP contribution in [0, 0.1) is 0 Å². The quantitative estimate of drug-likeness (QED) is 0.664. The number of halogens is 3. The van der Waals surface area contributed by atoms with Gasteiger partial charge in [0.1, 0.15) is 0 Å². The zero-order valence-corrected chi connectivity index (χ0v) is 12.1. The van der Waals surface area contributed by atoms with Crippen LogP contribution in [0.2, 0.25) is 0 Å². The zero-order chi connectivity index (χ0) is 14.1. The van der Waals surface area contributed by atoms with Crippen molar-refractivity contribution in [2.45, 2.75) is 30.2 Å². The number of esters is 1. The van der Waals surface area contributed by atoms with Crippen LogP contribution in [0.4, 0.5) is 5.95 Å². The van der Waals surface area contributed by atoms with Gasteiger partial charge < -0.3 is 10.5 Å². The molecule has 0 aliphatic heterocycles. The first-order valence-electron chi connectivity index (χ1n) is 4.81. The third kappa shape index (κ3) is 3.83. The second-order valence-electron chi connectivity index (χ2n) is 3.94. The predicted molar refractivity (Wildman–Crippen MR) is 68.3 cm³/mol. The third-order valence-electron chi connectivity index (χ3n) is 1.84. The molecule has 0 aliphatic carbocycles. The van der Waals surface area contributed by atoms with Crippen LogP contribution in [0.15, 0.2) is 0 Å². The molecule has 6 nitrogen and oxygen atoms in total. The molecule has 0 spiro atoms.